The van der Waals surface area contributed by atoms with Crippen molar-refractivity contribution in [3.8, 4) is 11.7 Å². The fourth-order valence-electron chi connectivity index (χ4n) is 4.22. The van der Waals surface area contributed by atoms with Crippen molar-refractivity contribution in [2.24, 2.45) is 5.92 Å². The predicted octanol–water partition coefficient (Wildman–Crippen LogP) is 3.13. The van der Waals surface area contributed by atoms with E-state index in [0.717, 1.165) is 54.2 Å². The van der Waals surface area contributed by atoms with E-state index in [1.165, 1.54) is 0 Å². The van der Waals surface area contributed by atoms with Crippen LogP contribution in [-0.4, -0.2) is 42.6 Å². The fraction of sp³-hybridized carbons (Fsp3) is 0.391. The van der Waals surface area contributed by atoms with Crippen molar-refractivity contribution in [3.63, 3.8) is 0 Å². The van der Waals surface area contributed by atoms with E-state index < -0.39 is 0 Å². The summed E-state index contributed by atoms with van der Waals surface area (Å²) in [7, 11) is 0. The van der Waals surface area contributed by atoms with Gasteiger partial charge in [-0.1, -0.05) is 12.1 Å². The maximum absolute atomic E-state index is 13.0. The Morgan fingerprint density at radius 3 is 3.06 bits per heavy atom. The number of carbonyl (C=O) groups excluding carboxylic acids is 1. The normalized spacial score (nSPS) is 20.1. The van der Waals surface area contributed by atoms with E-state index in [1.807, 2.05) is 31.3 Å². The molecule has 2 aliphatic rings. The molecule has 0 aliphatic carbocycles. The van der Waals surface area contributed by atoms with Gasteiger partial charge in [0.25, 0.3) is 0 Å². The highest BCUT2D eigenvalue weighted by Gasteiger charge is 2.27. The molecule has 1 amide bonds. The van der Waals surface area contributed by atoms with Crippen LogP contribution in [0.2, 0.25) is 0 Å². The van der Waals surface area contributed by atoms with Gasteiger partial charge in [-0.05, 0) is 54.0 Å². The lowest BCUT2D eigenvalue weighted by Crippen LogP contribution is -2.43. The third kappa shape index (κ3) is 5.11. The second kappa shape index (κ2) is 9.64. The van der Waals surface area contributed by atoms with E-state index in [0.29, 0.717) is 19.0 Å². The zero-order valence-electron chi connectivity index (χ0n) is 18.3. The van der Waals surface area contributed by atoms with Gasteiger partial charge in [0, 0.05) is 55.8 Å². The summed E-state index contributed by atoms with van der Waals surface area (Å²) >= 11 is 2.20. The van der Waals surface area contributed by atoms with Crippen molar-refractivity contribution in [2.75, 3.05) is 18.0 Å². The van der Waals surface area contributed by atoms with Gasteiger partial charge in [0.15, 0.2) is 9.86 Å². The number of imidazole rings is 1. The second-order valence-electron chi connectivity index (χ2n) is 8.38. The van der Waals surface area contributed by atoms with E-state index >= 15 is 0 Å². The van der Waals surface area contributed by atoms with Crippen molar-refractivity contribution in [2.45, 2.75) is 36.8 Å². The molecule has 2 unspecified atom stereocenters. The molecular weight excluding hydrogens is 535 g/mol. The van der Waals surface area contributed by atoms with Crippen LogP contribution in [-0.2, 0) is 22.6 Å². The molecule has 2 aliphatic heterocycles. The Kier molecular flexibility index (Phi) is 6.45. The highest BCUT2D eigenvalue weighted by Crippen LogP contribution is 2.29. The van der Waals surface area contributed by atoms with Gasteiger partial charge in [-0.2, -0.15) is 9.87 Å². The highest BCUT2D eigenvalue weighted by molar-refractivity contribution is 14.1. The number of rotatable bonds is 5. The Labute approximate surface area is 205 Å². The SMILES string of the molecule is Cc1cc(N2CCCC(C(=O)NCc3ccc4c(c3)CC(I)OO4)C2)nc(-n2ccnc2)n1. The van der Waals surface area contributed by atoms with Crippen LogP contribution < -0.4 is 15.1 Å². The number of alkyl halides is 1. The summed E-state index contributed by atoms with van der Waals surface area (Å²) in [6.45, 7) is 3.95. The number of halogens is 1. The van der Waals surface area contributed by atoms with Crippen molar-refractivity contribution in [1.82, 2.24) is 24.8 Å². The topological polar surface area (TPSA) is 94.4 Å². The molecule has 33 heavy (non-hydrogen) atoms. The summed E-state index contributed by atoms with van der Waals surface area (Å²) in [5.41, 5.74) is 3.04. The minimum Gasteiger partial charge on any atom is -0.356 e. The number of fused-ring (bicyclic) bond motifs is 1. The first-order valence-electron chi connectivity index (χ1n) is 11.0. The number of aromatic nitrogens is 4. The van der Waals surface area contributed by atoms with Gasteiger partial charge in [-0.25, -0.2) is 9.97 Å². The minimum absolute atomic E-state index is 0.00659. The molecule has 1 N–H and O–H groups in total. The van der Waals surface area contributed by atoms with Crippen molar-refractivity contribution in [1.29, 1.82) is 0 Å². The quantitative estimate of drug-likeness (QED) is 0.291. The Hall–Kier alpha value is -2.73. The number of hydrogen-bond acceptors (Lipinski definition) is 7. The van der Waals surface area contributed by atoms with E-state index in [9.17, 15) is 4.79 Å². The van der Waals surface area contributed by atoms with Crippen LogP contribution in [0, 0.1) is 12.8 Å². The van der Waals surface area contributed by atoms with Gasteiger partial charge in [0.1, 0.15) is 12.1 Å². The van der Waals surface area contributed by atoms with E-state index in [4.69, 9.17) is 14.8 Å². The standard InChI is InChI=1S/C23H25IN6O3/c1-15-9-21(28-23(27-15)30-8-6-25-14-30)29-7-2-3-17(13-29)22(31)26-12-16-4-5-19-18(10-16)11-20(24)33-32-19/h4-6,8-10,14,17,20H,2-3,7,11-13H2,1H3,(H,26,31). The minimum atomic E-state index is -0.0844. The number of anilines is 1. The van der Waals surface area contributed by atoms with Gasteiger partial charge in [-0.3, -0.25) is 9.36 Å². The molecule has 172 valence electrons. The molecular formula is C23H25IN6O3. The lowest BCUT2D eigenvalue weighted by atomic mass is 9.97. The number of carbonyl (C=O) groups is 1. The third-order valence-corrected chi connectivity index (χ3v) is 6.54. The molecule has 0 radical (unpaired) electrons. The molecule has 2 atom stereocenters. The fourth-order valence-corrected chi connectivity index (χ4v) is 4.80. The average molecular weight is 560 g/mol. The Balaban J connectivity index is 1.23. The summed E-state index contributed by atoms with van der Waals surface area (Å²) in [6.07, 6.45) is 7.81. The van der Waals surface area contributed by atoms with Gasteiger partial charge in [0.05, 0.1) is 5.92 Å². The molecule has 9 nitrogen and oxygen atoms in total. The van der Waals surface area contributed by atoms with Gasteiger partial charge in [-0.15, -0.1) is 0 Å². The monoisotopic (exact) mass is 560 g/mol. The summed E-state index contributed by atoms with van der Waals surface area (Å²) < 4.78 is 1.79. The molecule has 3 aromatic rings. The molecule has 5 rings (SSSR count). The van der Waals surface area contributed by atoms with Gasteiger partial charge in [0.2, 0.25) is 11.9 Å². The first-order chi connectivity index (χ1) is 16.0. The average Bonchev–Trinajstić information content (AvgIpc) is 3.37. The highest BCUT2D eigenvalue weighted by atomic mass is 127. The van der Waals surface area contributed by atoms with Crippen LogP contribution in [0.15, 0.2) is 43.0 Å². The van der Waals surface area contributed by atoms with Crippen LogP contribution in [0.25, 0.3) is 5.95 Å². The summed E-state index contributed by atoms with van der Waals surface area (Å²) in [6, 6.07) is 7.92. The first kappa shape index (κ1) is 22.1. The lowest BCUT2D eigenvalue weighted by Gasteiger charge is -2.33. The summed E-state index contributed by atoms with van der Waals surface area (Å²) in [4.78, 5) is 39.0. The number of amides is 1. The third-order valence-electron chi connectivity index (χ3n) is 5.89. The first-order valence-corrected chi connectivity index (χ1v) is 12.3. The van der Waals surface area contributed by atoms with Crippen LogP contribution >= 0.6 is 22.6 Å². The van der Waals surface area contributed by atoms with Gasteiger partial charge < -0.3 is 15.1 Å². The van der Waals surface area contributed by atoms with E-state index in [-0.39, 0.29) is 15.9 Å². The van der Waals surface area contributed by atoms with Crippen LogP contribution in [0.4, 0.5) is 5.82 Å². The number of hydrogen-bond donors (Lipinski definition) is 1. The number of aryl methyl sites for hydroxylation is 1. The van der Waals surface area contributed by atoms with E-state index in [2.05, 4.69) is 48.8 Å². The van der Waals surface area contributed by atoms with Crippen LogP contribution in [0.5, 0.6) is 5.75 Å². The zero-order chi connectivity index (χ0) is 22.8. The molecule has 0 spiro atoms. The lowest BCUT2D eigenvalue weighted by molar-refractivity contribution is -0.222. The number of piperidine rings is 1. The molecule has 4 heterocycles. The van der Waals surface area contributed by atoms with Crippen molar-refractivity contribution in [3.05, 3.63) is 59.8 Å². The van der Waals surface area contributed by atoms with Gasteiger partial charge >= 0.3 is 0 Å². The molecule has 1 fully saturated rings. The smallest absolute Gasteiger partial charge is 0.237 e. The van der Waals surface area contributed by atoms with E-state index in [1.54, 1.807) is 17.1 Å². The molecule has 0 bridgehead atoms. The molecule has 1 saturated heterocycles. The molecule has 2 aromatic heterocycles. The number of nitrogens with zero attached hydrogens (tertiary/aromatic N) is 5. The Morgan fingerprint density at radius 1 is 1.30 bits per heavy atom. The Morgan fingerprint density at radius 2 is 2.21 bits per heavy atom. The number of nitrogens with one attached hydrogen (secondary N) is 1. The second-order valence-corrected chi connectivity index (χ2v) is 9.77. The molecule has 10 heteroatoms. The van der Waals surface area contributed by atoms with Crippen molar-refractivity contribution < 1.29 is 14.6 Å². The van der Waals surface area contributed by atoms with Crippen molar-refractivity contribution >= 4 is 34.3 Å². The molecule has 0 saturated carbocycles. The summed E-state index contributed by atoms with van der Waals surface area (Å²) in [5.74, 6) is 2.16. The maximum atomic E-state index is 13.0. The zero-order valence-corrected chi connectivity index (χ0v) is 20.4. The number of benzene rings is 1. The maximum Gasteiger partial charge on any atom is 0.237 e. The van der Waals surface area contributed by atoms with Crippen LogP contribution in [0.1, 0.15) is 29.7 Å². The Bertz CT molecular complexity index is 1140. The van der Waals surface area contributed by atoms with Crippen LogP contribution in [0.3, 0.4) is 0 Å². The summed E-state index contributed by atoms with van der Waals surface area (Å²) in [5, 5.41) is 3.12. The largest absolute Gasteiger partial charge is 0.356 e. The molecule has 1 aromatic carbocycles. The predicted molar refractivity (Wildman–Crippen MR) is 130 cm³/mol.